The van der Waals surface area contributed by atoms with Gasteiger partial charge in [0.25, 0.3) is 0 Å². The molecule has 0 amide bonds. The second-order valence-corrected chi connectivity index (χ2v) is 4.32. The van der Waals surface area contributed by atoms with Crippen molar-refractivity contribution in [3.63, 3.8) is 0 Å². The molecule has 0 aliphatic carbocycles. The van der Waals surface area contributed by atoms with Gasteiger partial charge in [-0.05, 0) is 33.6 Å². The molecule has 0 spiro atoms. The number of hydrogen-bond donors (Lipinski definition) is 2. The van der Waals surface area contributed by atoms with Crippen LogP contribution in [0.25, 0.3) is 0 Å². The van der Waals surface area contributed by atoms with Gasteiger partial charge in [-0.3, -0.25) is 4.79 Å². The molecular formula is C10H19N3O2. The highest BCUT2D eigenvalue weighted by Crippen LogP contribution is 2.09. The average Bonchev–Trinajstić information content (AvgIpc) is 2.09. The molecular weight excluding hydrogens is 194 g/mol. The third kappa shape index (κ3) is 7.77. The molecule has 0 unspecified atom stereocenters. The Kier molecular flexibility index (Phi) is 5.72. The lowest BCUT2D eigenvalue weighted by Gasteiger charge is -2.22. The fraction of sp³-hybridized carbons (Fsp3) is 0.800. The predicted octanol–water partition coefficient (Wildman–Crippen LogP) is 0.506. The van der Waals surface area contributed by atoms with Crippen LogP contribution < -0.4 is 11.1 Å². The molecule has 0 aliphatic rings. The lowest BCUT2D eigenvalue weighted by molar-refractivity contribution is -0.156. The van der Waals surface area contributed by atoms with E-state index in [-0.39, 0.29) is 5.97 Å². The van der Waals surface area contributed by atoms with Crippen molar-refractivity contribution >= 4 is 5.97 Å². The van der Waals surface area contributed by atoms with Crippen LogP contribution in [0, 0.1) is 11.5 Å². The van der Waals surface area contributed by atoms with Gasteiger partial charge in [0, 0.05) is 6.54 Å². The van der Waals surface area contributed by atoms with Gasteiger partial charge in [-0.25, -0.2) is 0 Å². The van der Waals surface area contributed by atoms with Gasteiger partial charge < -0.3 is 15.8 Å². The third-order valence-corrected chi connectivity index (χ3v) is 1.61. The first-order valence-electron chi connectivity index (χ1n) is 4.97. The lowest BCUT2D eigenvalue weighted by atomic mass is 10.1. The molecule has 1 atom stereocenters. The number of carbonyl (C=O) groups excluding carboxylic acids is 1. The first-order chi connectivity index (χ1) is 6.87. The normalized spacial score (nSPS) is 12.7. The number of carbonyl (C=O) groups is 1. The van der Waals surface area contributed by atoms with E-state index in [0.29, 0.717) is 19.4 Å². The summed E-state index contributed by atoms with van der Waals surface area (Å²) in [7, 11) is 0. The van der Waals surface area contributed by atoms with Crippen LogP contribution in [0.5, 0.6) is 0 Å². The van der Waals surface area contributed by atoms with E-state index in [0.717, 1.165) is 0 Å². The summed E-state index contributed by atoms with van der Waals surface area (Å²) in [6.07, 6.45) is 2.99. The van der Waals surface area contributed by atoms with E-state index in [1.54, 1.807) is 27.0 Å². The second-order valence-electron chi connectivity index (χ2n) is 4.32. The Morgan fingerprint density at radius 3 is 2.67 bits per heavy atom. The molecule has 0 aromatic heterocycles. The van der Waals surface area contributed by atoms with Crippen LogP contribution in [0.4, 0.5) is 0 Å². The SMILES string of the molecule is CC(C)(C)OC(=O)[C@@H](N)CCCNC#N. The molecule has 3 N–H and O–H groups in total. The second kappa shape index (κ2) is 6.25. The molecule has 0 aromatic carbocycles. The van der Waals surface area contributed by atoms with Crippen LogP contribution in [0.3, 0.4) is 0 Å². The highest BCUT2D eigenvalue weighted by atomic mass is 16.6. The smallest absolute Gasteiger partial charge is 0.323 e. The molecule has 0 bridgehead atoms. The largest absolute Gasteiger partial charge is 0.459 e. The van der Waals surface area contributed by atoms with Crippen LogP contribution in [0.1, 0.15) is 33.6 Å². The van der Waals surface area contributed by atoms with Gasteiger partial charge in [0.2, 0.25) is 0 Å². The summed E-state index contributed by atoms with van der Waals surface area (Å²) in [5.41, 5.74) is 5.12. The Balaban J connectivity index is 3.76. The van der Waals surface area contributed by atoms with E-state index in [4.69, 9.17) is 15.7 Å². The maximum absolute atomic E-state index is 11.4. The van der Waals surface area contributed by atoms with Crippen molar-refractivity contribution in [2.24, 2.45) is 5.73 Å². The van der Waals surface area contributed by atoms with Crippen molar-refractivity contribution in [3.8, 4) is 6.19 Å². The first-order valence-corrected chi connectivity index (χ1v) is 4.97. The van der Waals surface area contributed by atoms with Crippen LogP contribution >= 0.6 is 0 Å². The maximum Gasteiger partial charge on any atom is 0.323 e. The molecule has 5 heteroatoms. The predicted molar refractivity (Wildman–Crippen MR) is 56.7 cm³/mol. The van der Waals surface area contributed by atoms with Gasteiger partial charge in [0.15, 0.2) is 6.19 Å². The minimum atomic E-state index is -0.607. The van der Waals surface area contributed by atoms with Gasteiger partial charge in [-0.15, -0.1) is 0 Å². The van der Waals surface area contributed by atoms with Crippen molar-refractivity contribution in [1.82, 2.24) is 5.32 Å². The molecule has 0 aromatic rings. The molecule has 0 aliphatic heterocycles. The van der Waals surface area contributed by atoms with Crippen LogP contribution in [0.15, 0.2) is 0 Å². The molecule has 0 fully saturated rings. The van der Waals surface area contributed by atoms with Gasteiger partial charge in [0.1, 0.15) is 11.6 Å². The Morgan fingerprint density at radius 1 is 1.60 bits per heavy atom. The van der Waals surface area contributed by atoms with Crippen molar-refractivity contribution in [3.05, 3.63) is 0 Å². The number of hydrogen-bond acceptors (Lipinski definition) is 5. The van der Waals surface area contributed by atoms with Crippen molar-refractivity contribution < 1.29 is 9.53 Å². The number of nitrogens with zero attached hydrogens (tertiary/aromatic N) is 1. The molecule has 15 heavy (non-hydrogen) atoms. The number of ether oxygens (including phenoxy) is 1. The zero-order chi connectivity index (χ0) is 11.9. The molecule has 0 rings (SSSR count). The maximum atomic E-state index is 11.4. The number of nitrogens with two attached hydrogens (primary N) is 1. The highest BCUT2D eigenvalue weighted by Gasteiger charge is 2.21. The number of nitriles is 1. The standard InChI is InChI=1S/C10H19N3O2/c1-10(2,3)15-9(14)8(12)5-4-6-13-7-11/h8,13H,4-6,12H2,1-3H3/t8-/m0/s1. The third-order valence-electron chi connectivity index (χ3n) is 1.61. The quantitative estimate of drug-likeness (QED) is 0.300. The summed E-state index contributed by atoms with van der Waals surface area (Å²) in [6.45, 7) is 5.94. The lowest BCUT2D eigenvalue weighted by Crippen LogP contribution is -2.37. The summed E-state index contributed by atoms with van der Waals surface area (Å²) in [6, 6.07) is -0.607. The van der Waals surface area contributed by atoms with Crippen LogP contribution in [0.2, 0.25) is 0 Å². The van der Waals surface area contributed by atoms with Crippen LogP contribution in [-0.2, 0) is 9.53 Å². The summed E-state index contributed by atoms with van der Waals surface area (Å²) < 4.78 is 5.11. The Bertz CT molecular complexity index is 240. The van der Waals surface area contributed by atoms with Gasteiger partial charge in [-0.2, -0.15) is 5.26 Å². The number of nitrogens with one attached hydrogen (secondary N) is 1. The highest BCUT2D eigenvalue weighted by molar-refractivity contribution is 5.75. The number of esters is 1. The van der Waals surface area contributed by atoms with E-state index in [2.05, 4.69) is 5.32 Å². The molecule has 0 saturated heterocycles. The Labute approximate surface area is 90.6 Å². The Morgan fingerprint density at radius 2 is 2.20 bits per heavy atom. The average molecular weight is 213 g/mol. The molecule has 0 radical (unpaired) electrons. The van der Waals surface area contributed by atoms with Crippen molar-refractivity contribution in [2.75, 3.05) is 6.54 Å². The summed E-state index contributed by atoms with van der Waals surface area (Å²) in [4.78, 5) is 11.4. The number of rotatable bonds is 5. The topological polar surface area (TPSA) is 88.1 Å². The van der Waals surface area contributed by atoms with Crippen molar-refractivity contribution in [1.29, 1.82) is 5.26 Å². The van der Waals surface area contributed by atoms with Crippen LogP contribution in [-0.4, -0.2) is 24.2 Å². The van der Waals surface area contributed by atoms with Gasteiger partial charge in [0.05, 0.1) is 0 Å². The molecule has 5 nitrogen and oxygen atoms in total. The first kappa shape index (κ1) is 13.7. The minimum Gasteiger partial charge on any atom is -0.459 e. The monoisotopic (exact) mass is 213 g/mol. The van der Waals surface area contributed by atoms with E-state index >= 15 is 0 Å². The van der Waals surface area contributed by atoms with Gasteiger partial charge >= 0.3 is 5.97 Å². The fourth-order valence-corrected chi connectivity index (χ4v) is 0.962. The zero-order valence-corrected chi connectivity index (χ0v) is 9.54. The summed E-state index contributed by atoms with van der Waals surface area (Å²) in [5.74, 6) is -0.389. The zero-order valence-electron chi connectivity index (χ0n) is 9.54. The minimum absolute atomic E-state index is 0.389. The fourth-order valence-electron chi connectivity index (χ4n) is 0.962. The van der Waals surface area contributed by atoms with Gasteiger partial charge in [-0.1, -0.05) is 0 Å². The summed E-state index contributed by atoms with van der Waals surface area (Å²) >= 11 is 0. The van der Waals surface area contributed by atoms with E-state index < -0.39 is 11.6 Å². The molecule has 86 valence electrons. The Hall–Kier alpha value is -1.28. The van der Waals surface area contributed by atoms with Crippen molar-refractivity contribution in [2.45, 2.75) is 45.3 Å². The summed E-state index contributed by atoms with van der Waals surface area (Å²) in [5, 5.41) is 10.7. The van der Waals surface area contributed by atoms with E-state index in [1.165, 1.54) is 0 Å². The van der Waals surface area contributed by atoms with E-state index in [1.807, 2.05) is 0 Å². The molecule has 0 saturated carbocycles. The van der Waals surface area contributed by atoms with E-state index in [9.17, 15) is 4.79 Å². The molecule has 0 heterocycles.